The first-order chi connectivity index (χ1) is 31.3. The van der Waals surface area contributed by atoms with Crippen molar-refractivity contribution in [2.24, 2.45) is 32.9 Å². The number of ketones is 1. The lowest BCUT2D eigenvalue weighted by atomic mass is 10.0. The quantitative estimate of drug-likeness (QED) is 0.0144. The first-order valence-electron chi connectivity index (χ1n) is 22.2. The summed E-state index contributed by atoms with van der Waals surface area (Å²) in [6.07, 6.45) is 0.839. The zero-order chi connectivity index (χ0) is 50.7. The van der Waals surface area contributed by atoms with E-state index in [1.165, 1.54) is 6.92 Å². The number of nitrogens with two attached hydrogens (primary N) is 4. The number of carboxylic acids is 3. The summed E-state index contributed by atoms with van der Waals surface area (Å²) in [5, 5.41) is 38.6. The van der Waals surface area contributed by atoms with Gasteiger partial charge in [0.2, 0.25) is 23.6 Å². The number of hydrogen-bond acceptors (Lipinski definition) is 15. The number of aliphatic carboxylic acids is 3. The topological polar surface area (TPSA) is 410 Å². The van der Waals surface area contributed by atoms with Crippen LogP contribution < -0.4 is 44.2 Å². The van der Waals surface area contributed by atoms with Crippen LogP contribution in [0.2, 0.25) is 0 Å². The highest BCUT2D eigenvalue weighted by Crippen LogP contribution is 2.13. The van der Waals surface area contributed by atoms with E-state index in [0.717, 1.165) is 0 Å². The van der Waals surface area contributed by atoms with Crippen LogP contribution >= 0.6 is 0 Å². The van der Waals surface area contributed by atoms with E-state index in [1.54, 1.807) is 30.6 Å². The predicted molar refractivity (Wildman–Crippen MR) is 244 cm³/mol. The van der Waals surface area contributed by atoms with Crippen molar-refractivity contribution in [2.45, 2.75) is 122 Å². The Morgan fingerprint density at radius 3 is 1.39 bits per heavy atom. The Balaban J connectivity index is 3.09. The van der Waals surface area contributed by atoms with Gasteiger partial charge >= 0.3 is 23.9 Å². The molecule has 0 radical (unpaired) electrons. The maximum Gasteiger partial charge on any atom is 0.326 e. The smallest absolute Gasteiger partial charge is 0.326 e. The molecule has 1 aliphatic heterocycles. The number of Topliss-reactive ketones (excluding diaryl/α,β-unsaturated/α-hetero) is 1. The molecule has 15 N–H and O–H groups in total. The molecule has 67 heavy (non-hydrogen) atoms. The molecule has 1 saturated heterocycles. The average Bonchev–Trinajstić information content (AvgIpc) is 3.28. The number of amides is 4. The molecule has 0 saturated carbocycles. The molecule has 0 bridgehead atoms. The van der Waals surface area contributed by atoms with Gasteiger partial charge in [0.05, 0.1) is 26.1 Å². The van der Waals surface area contributed by atoms with Gasteiger partial charge in [-0.15, -0.1) is 0 Å². The van der Waals surface area contributed by atoms with Gasteiger partial charge < -0.3 is 64.3 Å². The van der Waals surface area contributed by atoms with Gasteiger partial charge in [-0.1, -0.05) is 12.8 Å². The van der Waals surface area contributed by atoms with Crippen molar-refractivity contribution in [3.05, 3.63) is 0 Å². The molecular weight excluding hydrogens is 883 g/mol. The first kappa shape index (κ1) is 58.9. The number of nitrogens with zero attached hydrogens (tertiary/aromatic N) is 5. The van der Waals surface area contributed by atoms with E-state index in [-0.39, 0.29) is 95.4 Å². The number of unbranched alkanes of at least 4 members (excludes halogenated alkanes) is 2. The monoisotopic (exact) mass is 956 g/mol. The molecule has 0 aliphatic carbocycles. The third-order valence-corrected chi connectivity index (χ3v) is 10.0. The van der Waals surface area contributed by atoms with Crippen molar-refractivity contribution in [3.8, 4) is 0 Å². The molecule has 1 aliphatic rings. The summed E-state index contributed by atoms with van der Waals surface area (Å²) in [5.74, 6) is -8.09. The van der Waals surface area contributed by atoms with Gasteiger partial charge in [0.25, 0.3) is 0 Å². The predicted octanol–water partition coefficient (Wildman–Crippen LogP) is -3.52. The maximum atomic E-state index is 13.9. The molecule has 0 aromatic carbocycles. The van der Waals surface area contributed by atoms with Crippen molar-refractivity contribution in [1.82, 2.24) is 36.0 Å². The van der Waals surface area contributed by atoms with Crippen LogP contribution in [0.3, 0.4) is 0 Å². The van der Waals surface area contributed by atoms with Crippen molar-refractivity contribution in [2.75, 3.05) is 72.0 Å². The fourth-order valence-corrected chi connectivity index (χ4v) is 6.84. The Hall–Kier alpha value is -6.15. The number of nitrogens with one attached hydrogen (secondary N) is 4. The third kappa shape index (κ3) is 28.5. The van der Waals surface area contributed by atoms with Gasteiger partial charge in [0.1, 0.15) is 35.6 Å². The van der Waals surface area contributed by atoms with Gasteiger partial charge in [-0.3, -0.25) is 63.0 Å². The van der Waals surface area contributed by atoms with E-state index < -0.39 is 83.7 Å². The molecule has 1 fully saturated rings. The standard InChI is InChI=1S/C41H73N13O13/c1-26(55)48-28(12-8-14-46-39(42)43)35(62)51-31(22-34(61)67-41(2,3)4)37(64)49-29(13-9-15-47-40(44)45)36(63)50-30(38(65)66)11-7-5-6-10-27(56)23-52-16-18-53(24-32(57)58)20-21-54(19-17-52)25-33(59)60/h28-31H,5-25H2,1-4H3,(H,48,55)(H,49,64)(H,50,63)(H,51,62)(H,57,58)(H,59,60)(H,65,66)(H4,42,43,46)(H4,44,45,47)/t28-,29-,30-,31-/m0/s1. The van der Waals surface area contributed by atoms with Gasteiger partial charge in [-0.2, -0.15) is 0 Å². The molecule has 4 amide bonds. The molecule has 0 aromatic heterocycles. The van der Waals surface area contributed by atoms with Crippen molar-refractivity contribution in [3.63, 3.8) is 0 Å². The number of aliphatic imine (C=N–C) groups is 2. The number of carbonyl (C=O) groups excluding carboxylic acids is 6. The summed E-state index contributed by atoms with van der Waals surface area (Å²) in [6, 6.07) is -5.64. The van der Waals surface area contributed by atoms with E-state index in [4.69, 9.17) is 27.7 Å². The molecule has 380 valence electrons. The fourth-order valence-electron chi connectivity index (χ4n) is 6.84. The van der Waals surface area contributed by atoms with E-state index in [9.17, 15) is 58.5 Å². The number of ether oxygens (including phenoxy) is 1. The minimum Gasteiger partial charge on any atom is -0.480 e. The van der Waals surface area contributed by atoms with Gasteiger partial charge in [0, 0.05) is 65.7 Å². The Kier molecular flexibility index (Phi) is 27.2. The Morgan fingerprint density at radius 1 is 0.567 bits per heavy atom. The number of rotatable bonds is 30. The van der Waals surface area contributed by atoms with Crippen LogP contribution in [0.1, 0.15) is 91.9 Å². The molecule has 0 unspecified atom stereocenters. The van der Waals surface area contributed by atoms with E-state index in [2.05, 4.69) is 31.3 Å². The number of carbonyl (C=O) groups is 9. The molecule has 4 atom stereocenters. The minimum absolute atomic E-state index is 0.0312. The SMILES string of the molecule is CC(=O)N[C@@H](CCCN=C(N)N)C(=O)N[C@@H](CC(=O)OC(C)(C)C)C(=O)N[C@@H](CCCN=C(N)N)C(=O)N[C@@H](CCCCCC(=O)CN1CCN(CC(=O)O)CCN(CC(=O)O)CC1)C(=O)O. The van der Waals surface area contributed by atoms with Crippen molar-refractivity contribution >= 4 is 65.2 Å². The zero-order valence-electron chi connectivity index (χ0n) is 39.1. The van der Waals surface area contributed by atoms with Crippen LogP contribution in [0.15, 0.2) is 9.98 Å². The lowest BCUT2D eigenvalue weighted by Crippen LogP contribution is -2.58. The summed E-state index contributed by atoms with van der Waals surface area (Å²) in [7, 11) is 0. The van der Waals surface area contributed by atoms with Crippen molar-refractivity contribution in [1.29, 1.82) is 0 Å². The number of esters is 1. The summed E-state index contributed by atoms with van der Waals surface area (Å²) in [6.45, 7) is 8.00. The van der Waals surface area contributed by atoms with Crippen LogP contribution in [0.25, 0.3) is 0 Å². The van der Waals surface area contributed by atoms with Crippen LogP contribution in [-0.4, -0.2) is 197 Å². The number of carboxylic acid groups (broad SMARTS) is 3. The molecule has 26 heteroatoms. The second-order valence-corrected chi connectivity index (χ2v) is 17.2. The lowest BCUT2D eigenvalue weighted by Gasteiger charge is -2.27. The summed E-state index contributed by atoms with van der Waals surface area (Å²) in [4.78, 5) is 127. The van der Waals surface area contributed by atoms with Crippen LogP contribution in [0, 0.1) is 0 Å². The minimum atomic E-state index is -1.63. The summed E-state index contributed by atoms with van der Waals surface area (Å²) >= 11 is 0. The molecule has 1 heterocycles. The normalized spacial score (nSPS) is 15.6. The number of guanidine groups is 2. The third-order valence-electron chi connectivity index (χ3n) is 10.0. The lowest BCUT2D eigenvalue weighted by molar-refractivity contribution is -0.157. The second kappa shape index (κ2) is 30.9. The van der Waals surface area contributed by atoms with Gasteiger partial charge in [0.15, 0.2) is 11.9 Å². The maximum absolute atomic E-state index is 13.9. The highest BCUT2D eigenvalue weighted by atomic mass is 16.6. The Morgan fingerprint density at radius 2 is 0.970 bits per heavy atom. The van der Waals surface area contributed by atoms with Gasteiger partial charge in [-0.25, -0.2) is 4.79 Å². The Labute approximate surface area is 390 Å². The fraction of sp³-hybridized carbons (Fsp3) is 0.732. The van der Waals surface area contributed by atoms with E-state index in [1.807, 2.05) is 4.90 Å². The highest BCUT2D eigenvalue weighted by Gasteiger charge is 2.33. The van der Waals surface area contributed by atoms with Crippen LogP contribution in [-0.2, 0) is 47.9 Å². The van der Waals surface area contributed by atoms with Crippen LogP contribution in [0.5, 0.6) is 0 Å². The molecule has 0 aromatic rings. The Bertz CT molecular complexity index is 1700. The summed E-state index contributed by atoms with van der Waals surface area (Å²) < 4.78 is 5.38. The number of hydrogen-bond donors (Lipinski definition) is 11. The van der Waals surface area contributed by atoms with Gasteiger partial charge in [-0.05, 0) is 59.3 Å². The molecule has 26 nitrogen and oxygen atoms in total. The molecule has 1 rings (SSSR count). The van der Waals surface area contributed by atoms with Crippen molar-refractivity contribution < 1.29 is 63.2 Å². The summed E-state index contributed by atoms with van der Waals surface area (Å²) in [5.41, 5.74) is 20.6. The van der Waals surface area contributed by atoms with E-state index >= 15 is 0 Å². The van der Waals surface area contributed by atoms with E-state index in [0.29, 0.717) is 52.1 Å². The average molecular weight is 956 g/mol. The molecular formula is C41H73N13O13. The first-order valence-corrected chi connectivity index (χ1v) is 22.2. The largest absolute Gasteiger partial charge is 0.480 e. The zero-order valence-corrected chi connectivity index (χ0v) is 39.1. The highest BCUT2D eigenvalue weighted by molar-refractivity contribution is 5.96. The van der Waals surface area contributed by atoms with Crippen LogP contribution in [0.4, 0.5) is 0 Å². The second-order valence-electron chi connectivity index (χ2n) is 17.2. The molecule has 0 spiro atoms.